The molecule has 0 saturated heterocycles. The van der Waals surface area contributed by atoms with Gasteiger partial charge < -0.3 is 48.3 Å². The van der Waals surface area contributed by atoms with E-state index in [9.17, 15) is 29.4 Å². The molecule has 0 aliphatic rings. The van der Waals surface area contributed by atoms with Gasteiger partial charge in [0.05, 0.1) is 6.04 Å². The molecule has 0 radical (unpaired) electrons. The molecule has 14 heteroatoms. The Kier molecular flexibility index (Phi) is 12.7. The van der Waals surface area contributed by atoms with Gasteiger partial charge >= 0.3 is 5.97 Å². The van der Waals surface area contributed by atoms with Crippen molar-refractivity contribution in [3.8, 4) is 5.75 Å². The molecule has 1 aromatic heterocycles. The molecule has 0 aliphatic heterocycles. The molecule has 1 heterocycles. The zero-order valence-corrected chi connectivity index (χ0v) is 26.8. The zero-order chi connectivity index (χ0) is 35.3. The number of aromatic nitrogens is 1. The Hall–Kier alpha value is -5.89. The van der Waals surface area contributed by atoms with Gasteiger partial charge in [0, 0.05) is 36.5 Å². The summed E-state index contributed by atoms with van der Waals surface area (Å²) in [4.78, 5) is 60.1. The second-order valence-corrected chi connectivity index (χ2v) is 11.7. The van der Waals surface area contributed by atoms with Crippen molar-refractivity contribution >= 4 is 40.6 Å². The van der Waals surface area contributed by atoms with Crippen LogP contribution in [0, 0.1) is 0 Å². The Morgan fingerprint density at radius 3 is 2.00 bits per heavy atom. The highest BCUT2D eigenvalue weighted by Crippen LogP contribution is 2.20. The number of rotatable bonds is 17. The van der Waals surface area contributed by atoms with E-state index in [-0.39, 0.29) is 50.4 Å². The highest BCUT2D eigenvalue weighted by molar-refractivity contribution is 5.95. The summed E-state index contributed by atoms with van der Waals surface area (Å²) in [5.41, 5.74) is 19.9. The standard InChI is InChI=1S/C35H42N8O6/c36-26(17-21-7-2-1-3-8-21)31(45)42-29(18-22-12-14-24(44)15-13-22)32(46)43-30(19-23-20-40-27-10-5-4-9-25(23)27)33(47)41-28(34(48)49)11-6-16-39-35(37)38/h1-5,7-10,12-15,20,26,28-30,40,44H,6,11,16-19,36H2,(H,41,47)(H,42,45)(H,43,46)(H,48,49)(H4,37,38,39). The second kappa shape index (κ2) is 17.3. The Bertz CT molecular complexity index is 1750. The molecular weight excluding hydrogens is 628 g/mol. The van der Waals surface area contributed by atoms with Gasteiger partial charge in [-0.1, -0.05) is 60.7 Å². The van der Waals surface area contributed by atoms with Gasteiger partial charge in [-0.05, 0) is 54.2 Å². The number of hydrogen-bond acceptors (Lipinski definition) is 7. The summed E-state index contributed by atoms with van der Waals surface area (Å²) in [6.45, 7) is 0.169. The van der Waals surface area contributed by atoms with Gasteiger partial charge in [0.2, 0.25) is 17.7 Å². The van der Waals surface area contributed by atoms with Crippen molar-refractivity contribution in [1.29, 1.82) is 0 Å². The number of carbonyl (C=O) groups excluding carboxylic acids is 3. The molecule has 0 saturated carbocycles. The van der Waals surface area contributed by atoms with Crippen molar-refractivity contribution in [1.82, 2.24) is 20.9 Å². The largest absolute Gasteiger partial charge is 0.508 e. The maximum Gasteiger partial charge on any atom is 0.326 e. The fourth-order valence-electron chi connectivity index (χ4n) is 5.35. The second-order valence-electron chi connectivity index (χ2n) is 11.7. The fraction of sp³-hybridized carbons (Fsp3) is 0.286. The molecule has 4 atom stereocenters. The number of H-pyrrole nitrogens is 1. The lowest BCUT2D eigenvalue weighted by Crippen LogP contribution is -2.58. The third kappa shape index (κ3) is 10.8. The van der Waals surface area contributed by atoms with E-state index in [4.69, 9.17) is 17.2 Å². The lowest BCUT2D eigenvalue weighted by atomic mass is 10.0. The zero-order valence-electron chi connectivity index (χ0n) is 26.8. The van der Waals surface area contributed by atoms with Crippen molar-refractivity contribution in [3.63, 3.8) is 0 Å². The summed E-state index contributed by atoms with van der Waals surface area (Å²) < 4.78 is 0. The van der Waals surface area contributed by atoms with E-state index in [0.29, 0.717) is 11.1 Å². The molecular formula is C35H42N8O6. The van der Waals surface area contributed by atoms with Gasteiger partial charge in [-0.15, -0.1) is 0 Å². The van der Waals surface area contributed by atoms with Crippen LogP contribution in [0.3, 0.4) is 0 Å². The van der Waals surface area contributed by atoms with Crippen molar-refractivity contribution in [3.05, 3.63) is 102 Å². The number of benzene rings is 3. The van der Waals surface area contributed by atoms with E-state index in [2.05, 4.69) is 25.9 Å². The molecule has 0 bridgehead atoms. The number of aliphatic imine (C=N–C) groups is 1. The fourth-order valence-corrected chi connectivity index (χ4v) is 5.35. The number of phenolic OH excluding ortho intramolecular Hbond substituents is 1. The highest BCUT2D eigenvalue weighted by Gasteiger charge is 2.31. The molecule has 14 nitrogen and oxygen atoms in total. The molecule has 0 aliphatic carbocycles. The van der Waals surface area contributed by atoms with Crippen LogP contribution in [0.1, 0.15) is 29.5 Å². The average Bonchev–Trinajstić information content (AvgIpc) is 3.49. The smallest absolute Gasteiger partial charge is 0.326 e. The number of fused-ring (bicyclic) bond motifs is 1. The third-order valence-corrected chi connectivity index (χ3v) is 7.94. The third-order valence-electron chi connectivity index (χ3n) is 7.94. The number of carboxylic acids is 1. The maximum atomic E-state index is 14.0. The number of aromatic amines is 1. The van der Waals surface area contributed by atoms with Crippen LogP contribution in [0.25, 0.3) is 10.9 Å². The summed E-state index contributed by atoms with van der Waals surface area (Å²) in [6.07, 6.45) is 2.28. The number of aromatic hydroxyl groups is 1. The number of carboxylic acid groups (broad SMARTS) is 1. The average molecular weight is 671 g/mol. The monoisotopic (exact) mass is 670 g/mol. The van der Waals surface area contributed by atoms with Gasteiger partial charge in [0.25, 0.3) is 0 Å². The number of hydrogen-bond donors (Lipinski definition) is 9. The first kappa shape index (κ1) is 36.0. The maximum absolute atomic E-state index is 14.0. The van der Waals surface area contributed by atoms with Crippen molar-refractivity contribution < 1.29 is 29.4 Å². The molecule has 0 fully saturated rings. The van der Waals surface area contributed by atoms with Crippen LogP contribution in [0.4, 0.5) is 0 Å². The number of carbonyl (C=O) groups is 4. The van der Waals surface area contributed by atoms with E-state index in [1.807, 2.05) is 54.6 Å². The number of phenols is 1. The van der Waals surface area contributed by atoms with Crippen LogP contribution in [0.2, 0.25) is 0 Å². The lowest BCUT2D eigenvalue weighted by Gasteiger charge is -2.25. The van der Waals surface area contributed by atoms with Crippen molar-refractivity contribution in [2.45, 2.75) is 56.3 Å². The Labute approximate surface area is 283 Å². The van der Waals surface area contributed by atoms with Gasteiger partial charge in [0.1, 0.15) is 23.9 Å². The van der Waals surface area contributed by atoms with Crippen LogP contribution in [0.5, 0.6) is 5.75 Å². The Morgan fingerprint density at radius 2 is 1.33 bits per heavy atom. The number of amides is 3. The number of para-hydroxylation sites is 1. The summed E-state index contributed by atoms with van der Waals surface area (Å²) in [5, 5.41) is 28.5. The number of guanidine groups is 1. The molecule has 258 valence electrons. The van der Waals surface area contributed by atoms with Gasteiger partial charge in [-0.2, -0.15) is 0 Å². The predicted octanol–water partition coefficient (Wildman–Crippen LogP) is 0.821. The molecule has 4 aromatic rings. The number of nitrogens with zero attached hydrogens (tertiary/aromatic N) is 1. The van der Waals surface area contributed by atoms with Crippen LogP contribution in [0.15, 0.2) is 90.1 Å². The summed E-state index contributed by atoms with van der Waals surface area (Å²) in [6, 6.07) is 18.1. The molecule has 3 aromatic carbocycles. The van der Waals surface area contributed by atoms with Gasteiger partial charge in [-0.25, -0.2) is 4.79 Å². The van der Waals surface area contributed by atoms with E-state index in [1.165, 1.54) is 12.1 Å². The number of nitrogens with one attached hydrogen (secondary N) is 4. The summed E-state index contributed by atoms with van der Waals surface area (Å²) in [5.74, 6) is -3.36. The molecule has 49 heavy (non-hydrogen) atoms. The Balaban J connectivity index is 1.58. The van der Waals surface area contributed by atoms with E-state index in [1.54, 1.807) is 18.3 Å². The van der Waals surface area contributed by atoms with E-state index >= 15 is 0 Å². The SMILES string of the molecule is NC(N)=NCCCC(NC(=O)C(Cc1c[nH]c2ccccc12)NC(=O)C(Cc1ccc(O)cc1)NC(=O)C(N)Cc1ccccc1)C(=O)O. The van der Waals surface area contributed by atoms with Crippen LogP contribution < -0.4 is 33.2 Å². The topological polar surface area (TPSA) is 251 Å². The Morgan fingerprint density at radius 1 is 0.735 bits per heavy atom. The molecule has 0 spiro atoms. The quantitative estimate of drug-likeness (QED) is 0.0437. The van der Waals surface area contributed by atoms with Crippen LogP contribution >= 0.6 is 0 Å². The first-order valence-electron chi connectivity index (χ1n) is 15.8. The molecule has 3 amide bonds. The van der Waals surface area contributed by atoms with Gasteiger partial charge in [0.15, 0.2) is 5.96 Å². The summed E-state index contributed by atoms with van der Waals surface area (Å²) in [7, 11) is 0. The molecule has 4 unspecified atom stereocenters. The lowest BCUT2D eigenvalue weighted by molar-refractivity contribution is -0.142. The normalized spacial score (nSPS) is 13.4. The van der Waals surface area contributed by atoms with E-state index < -0.39 is 47.9 Å². The summed E-state index contributed by atoms with van der Waals surface area (Å²) >= 11 is 0. The molecule has 12 N–H and O–H groups in total. The predicted molar refractivity (Wildman–Crippen MR) is 185 cm³/mol. The van der Waals surface area contributed by atoms with Crippen molar-refractivity contribution in [2.75, 3.05) is 6.54 Å². The van der Waals surface area contributed by atoms with Gasteiger partial charge in [-0.3, -0.25) is 19.4 Å². The van der Waals surface area contributed by atoms with Crippen molar-refractivity contribution in [2.24, 2.45) is 22.2 Å². The van der Waals surface area contributed by atoms with Crippen LogP contribution in [-0.4, -0.2) is 75.6 Å². The minimum atomic E-state index is -1.28. The number of aliphatic carboxylic acids is 1. The number of nitrogens with two attached hydrogens (primary N) is 3. The van der Waals surface area contributed by atoms with E-state index in [0.717, 1.165) is 16.5 Å². The first-order chi connectivity index (χ1) is 23.5. The minimum Gasteiger partial charge on any atom is -0.508 e. The first-order valence-corrected chi connectivity index (χ1v) is 15.8. The molecule has 4 rings (SSSR count). The van der Waals surface area contributed by atoms with Crippen LogP contribution in [-0.2, 0) is 38.4 Å². The minimum absolute atomic E-state index is 0.00925. The highest BCUT2D eigenvalue weighted by atomic mass is 16.4.